The van der Waals surface area contributed by atoms with Crippen LogP contribution in [-0.4, -0.2) is 74.7 Å². The number of hydrogen-bond acceptors (Lipinski definition) is 4. The molecule has 0 aromatic carbocycles. The fraction of sp³-hybridized carbons (Fsp3) is 0.923. The Morgan fingerprint density at radius 1 is 1.44 bits per heavy atom. The average molecular weight is 257 g/mol. The lowest BCUT2D eigenvalue weighted by molar-refractivity contribution is -0.130. The van der Waals surface area contributed by atoms with Crippen molar-refractivity contribution in [2.75, 3.05) is 52.9 Å². The van der Waals surface area contributed by atoms with Crippen LogP contribution in [-0.2, 0) is 9.53 Å². The topological polar surface area (TPSA) is 44.8 Å². The minimum absolute atomic E-state index is 0.231. The Morgan fingerprint density at radius 2 is 2.17 bits per heavy atom. The van der Waals surface area contributed by atoms with E-state index in [0.717, 1.165) is 45.9 Å². The van der Waals surface area contributed by atoms with Gasteiger partial charge in [0, 0.05) is 45.7 Å². The summed E-state index contributed by atoms with van der Waals surface area (Å²) in [7, 11) is 2.11. The molecule has 5 nitrogen and oxygen atoms in total. The van der Waals surface area contributed by atoms with E-state index in [9.17, 15) is 4.79 Å². The summed E-state index contributed by atoms with van der Waals surface area (Å²) in [6.07, 6.45) is 0.830. The van der Waals surface area contributed by atoms with E-state index >= 15 is 0 Å². The van der Waals surface area contributed by atoms with Crippen molar-refractivity contribution in [2.45, 2.75) is 26.4 Å². The van der Waals surface area contributed by atoms with Gasteiger partial charge in [-0.15, -0.1) is 0 Å². The summed E-state index contributed by atoms with van der Waals surface area (Å²) in [6, 6.07) is 0. The van der Waals surface area contributed by atoms with Crippen LogP contribution in [0.4, 0.5) is 0 Å². The van der Waals surface area contributed by atoms with Crippen molar-refractivity contribution in [1.82, 2.24) is 15.1 Å². The van der Waals surface area contributed by atoms with Crippen molar-refractivity contribution in [3.63, 3.8) is 0 Å². The van der Waals surface area contributed by atoms with Crippen LogP contribution in [0.25, 0.3) is 0 Å². The van der Waals surface area contributed by atoms with Crippen LogP contribution in [0.3, 0.4) is 0 Å². The molecule has 1 unspecified atom stereocenters. The number of hydrogen-bond donors (Lipinski definition) is 1. The Labute approximate surface area is 110 Å². The lowest BCUT2D eigenvalue weighted by Crippen LogP contribution is -2.45. The Bertz CT molecular complexity index is 244. The molecule has 1 aliphatic rings. The van der Waals surface area contributed by atoms with E-state index in [2.05, 4.69) is 17.3 Å². The maximum atomic E-state index is 11.8. The van der Waals surface area contributed by atoms with Gasteiger partial charge in [0.15, 0.2) is 0 Å². The smallest absolute Gasteiger partial charge is 0.223 e. The highest BCUT2D eigenvalue weighted by molar-refractivity contribution is 5.76. The zero-order valence-electron chi connectivity index (χ0n) is 11.9. The van der Waals surface area contributed by atoms with Crippen LogP contribution >= 0.6 is 0 Å². The van der Waals surface area contributed by atoms with Crippen LogP contribution in [0.15, 0.2) is 0 Å². The summed E-state index contributed by atoms with van der Waals surface area (Å²) < 4.78 is 5.65. The monoisotopic (exact) mass is 257 g/mol. The number of carbonyl (C=O) groups is 1. The molecule has 0 aromatic heterocycles. The standard InChI is InChI=1S/C13H27N3O2/c1-4-16(5-2)13(17)6-7-14-10-12-11-15(3)8-9-18-12/h12,14H,4-11H2,1-3H3. The third-order valence-corrected chi connectivity index (χ3v) is 3.35. The normalized spacial score (nSPS) is 20.9. The van der Waals surface area contributed by atoms with Gasteiger partial charge in [0.25, 0.3) is 0 Å². The second-order valence-electron chi connectivity index (χ2n) is 4.78. The van der Waals surface area contributed by atoms with Crippen molar-refractivity contribution in [1.29, 1.82) is 0 Å². The van der Waals surface area contributed by atoms with Crippen LogP contribution < -0.4 is 5.32 Å². The average Bonchev–Trinajstić information content (AvgIpc) is 2.36. The largest absolute Gasteiger partial charge is 0.374 e. The Balaban J connectivity index is 2.09. The summed E-state index contributed by atoms with van der Waals surface area (Å²) in [6.45, 7) is 9.97. The van der Waals surface area contributed by atoms with Gasteiger partial charge in [-0.1, -0.05) is 0 Å². The lowest BCUT2D eigenvalue weighted by atomic mass is 10.2. The molecule has 0 aliphatic carbocycles. The van der Waals surface area contributed by atoms with Gasteiger partial charge >= 0.3 is 0 Å². The second kappa shape index (κ2) is 8.45. The molecule has 1 amide bonds. The Kier molecular flexibility index (Phi) is 7.23. The van der Waals surface area contributed by atoms with E-state index in [1.807, 2.05) is 18.7 Å². The number of likely N-dealkylation sites (N-methyl/N-ethyl adjacent to an activating group) is 1. The van der Waals surface area contributed by atoms with E-state index in [4.69, 9.17) is 4.74 Å². The summed E-state index contributed by atoms with van der Waals surface area (Å²) in [5.74, 6) is 0.231. The number of morpholine rings is 1. The van der Waals surface area contributed by atoms with E-state index in [0.29, 0.717) is 6.42 Å². The highest BCUT2D eigenvalue weighted by Crippen LogP contribution is 2.01. The number of rotatable bonds is 7. The van der Waals surface area contributed by atoms with Crippen molar-refractivity contribution in [3.05, 3.63) is 0 Å². The van der Waals surface area contributed by atoms with Crippen LogP contribution in [0, 0.1) is 0 Å². The molecule has 1 heterocycles. The highest BCUT2D eigenvalue weighted by Gasteiger charge is 2.17. The highest BCUT2D eigenvalue weighted by atomic mass is 16.5. The maximum absolute atomic E-state index is 11.8. The van der Waals surface area contributed by atoms with Gasteiger partial charge in [0.05, 0.1) is 12.7 Å². The van der Waals surface area contributed by atoms with Gasteiger partial charge in [-0.25, -0.2) is 0 Å². The molecule has 5 heteroatoms. The first-order chi connectivity index (χ1) is 8.67. The molecule has 1 atom stereocenters. The molecule has 1 rings (SSSR count). The van der Waals surface area contributed by atoms with Crippen molar-refractivity contribution in [2.24, 2.45) is 0 Å². The van der Waals surface area contributed by atoms with E-state index in [1.54, 1.807) is 0 Å². The predicted molar refractivity (Wildman–Crippen MR) is 72.7 cm³/mol. The number of amides is 1. The minimum atomic E-state index is 0.231. The van der Waals surface area contributed by atoms with Gasteiger partial charge < -0.3 is 19.9 Å². The molecule has 0 bridgehead atoms. The zero-order valence-corrected chi connectivity index (χ0v) is 11.9. The summed E-state index contributed by atoms with van der Waals surface area (Å²) in [5.41, 5.74) is 0. The number of nitrogens with one attached hydrogen (secondary N) is 1. The molecule has 0 radical (unpaired) electrons. The molecule has 0 saturated carbocycles. The Hall–Kier alpha value is -0.650. The zero-order chi connectivity index (χ0) is 13.4. The van der Waals surface area contributed by atoms with Crippen LogP contribution in [0.2, 0.25) is 0 Å². The van der Waals surface area contributed by atoms with E-state index in [1.165, 1.54) is 0 Å². The second-order valence-corrected chi connectivity index (χ2v) is 4.78. The number of ether oxygens (including phenoxy) is 1. The minimum Gasteiger partial charge on any atom is -0.374 e. The molecule has 1 fully saturated rings. The van der Waals surface area contributed by atoms with Crippen molar-refractivity contribution >= 4 is 5.91 Å². The lowest BCUT2D eigenvalue weighted by Gasteiger charge is -2.30. The first kappa shape index (κ1) is 15.4. The van der Waals surface area contributed by atoms with Gasteiger partial charge in [0.2, 0.25) is 5.91 Å². The molecule has 1 aliphatic heterocycles. The van der Waals surface area contributed by atoms with Gasteiger partial charge in [0.1, 0.15) is 0 Å². The third kappa shape index (κ3) is 5.33. The van der Waals surface area contributed by atoms with E-state index in [-0.39, 0.29) is 12.0 Å². The molecular weight excluding hydrogens is 230 g/mol. The summed E-state index contributed by atoms with van der Waals surface area (Å²) in [5, 5.41) is 3.31. The Morgan fingerprint density at radius 3 is 2.78 bits per heavy atom. The quantitative estimate of drug-likeness (QED) is 0.660. The molecule has 0 spiro atoms. The van der Waals surface area contributed by atoms with Gasteiger partial charge in [-0.2, -0.15) is 0 Å². The molecule has 1 saturated heterocycles. The maximum Gasteiger partial charge on any atom is 0.223 e. The summed E-state index contributed by atoms with van der Waals surface area (Å²) in [4.78, 5) is 15.9. The van der Waals surface area contributed by atoms with Gasteiger partial charge in [-0.05, 0) is 20.9 Å². The molecule has 0 aromatic rings. The van der Waals surface area contributed by atoms with Crippen LogP contribution in [0.1, 0.15) is 20.3 Å². The van der Waals surface area contributed by atoms with Crippen molar-refractivity contribution < 1.29 is 9.53 Å². The van der Waals surface area contributed by atoms with E-state index < -0.39 is 0 Å². The fourth-order valence-electron chi connectivity index (χ4n) is 2.18. The number of carbonyl (C=O) groups excluding carboxylic acids is 1. The SMILES string of the molecule is CCN(CC)C(=O)CCNCC1CN(C)CCO1. The molecule has 1 N–H and O–H groups in total. The first-order valence-corrected chi connectivity index (χ1v) is 6.96. The number of nitrogens with zero attached hydrogens (tertiary/aromatic N) is 2. The van der Waals surface area contributed by atoms with Gasteiger partial charge in [-0.3, -0.25) is 4.79 Å². The molecular formula is C13H27N3O2. The predicted octanol–water partition coefficient (Wildman–Crippen LogP) is 0.165. The third-order valence-electron chi connectivity index (χ3n) is 3.35. The first-order valence-electron chi connectivity index (χ1n) is 6.96. The summed E-state index contributed by atoms with van der Waals surface area (Å²) >= 11 is 0. The fourth-order valence-corrected chi connectivity index (χ4v) is 2.18. The molecule has 18 heavy (non-hydrogen) atoms. The molecule has 106 valence electrons. The van der Waals surface area contributed by atoms with Crippen LogP contribution in [0.5, 0.6) is 0 Å². The van der Waals surface area contributed by atoms with Crippen molar-refractivity contribution in [3.8, 4) is 0 Å².